The van der Waals surface area contributed by atoms with Crippen molar-refractivity contribution in [3.8, 4) is 0 Å². The molecule has 9 heteroatoms. The second kappa shape index (κ2) is 14.2. The summed E-state index contributed by atoms with van der Waals surface area (Å²) in [7, 11) is 0. The van der Waals surface area contributed by atoms with Gasteiger partial charge in [-0.2, -0.15) is 0 Å². The first-order valence-corrected chi connectivity index (χ1v) is 13.8. The number of likely N-dealkylation sites (tertiary alicyclic amines) is 1. The second-order valence-electron chi connectivity index (χ2n) is 10.4. The van der Waals surface area contributed by atoms with Crippen LogP contribution in [0.5, 0.6) is 0 Å². The Morgan fingerprint density at radius 1 is 1.19 bits per heavy atom. The van der Waals surface area contributed by atoms with Gasteiger partial charge in [-0.25, -0.2) is 8.78 Å². The highest BCUT2D eigenvalue weighted by molar-refractivity contribution is 5.91. The maximum Gasteiger partial charge on any atom is 0.226 e. The van der Waals surface area contributed by atoms with E-state index in [9.17, 15) is 23.5 Å². The Labute approximate surface area is 219 Å². The molecular weight excluding hydrogens is 480 g/mol. The van der Waals surface area contributed by atoms with Gasteiger partial charge in [0, 0.05) is 38.3 Å². The number of carbonyl (C=O) groups excluding carboxylic acids is 2. The molecule has 3 N–H and O–H groups in total. The van der Waals surface area contributed by atoms with Crippen LogP contribution < -0.4 is 10.6 Å². The fourth-order valence-corrected chi connectivity index (χ4v) is 5.46. The predicted octanol–water partition coefficient (Wildman–Crippen LogP) is 3.18. The number of rotatable bonds is 14. The fraction of sp³-hybridized carbons (Fsp3) is 0.714. The van der Waals surface area contributed by atoms with Crippen LogP contribution in [0, 0.1) is 23.5 Å². The van der Waals surface area contributed by atoms with E-state index >= 15 is 0 Å². The first kappa shape index (κ1) is 29.5. The van der Waals surface area contributed by atoms with E-state index < -0.39 is 35.6 Å². The first-order chi connectivity index (χ1) is 17.8. The topological polar surface area (TPSA) is 90.9 Å². The number of aliphatic hydroxyl groups is 1. The molecule has 208 valence electrons. The largest absolute Gasteiger partial charge is 0.389 e. The Balaban J connectivity index is 1.74. The third kappa shape index (κ3) is 7.94. The standard InChI is InChI=1S/C28H43F2N3O4/c1-4-7-9-33-17-23(22(6-3)28(33)36)27(35)32-25(13-18-11-19(29)14-20(30)12-18)26(34)24-15-21(16-31-24)37-10-8-5-2/h11-12,14,21-26,31,34H,4-10,13,15-17H2,1-3H3,(H,32,35)/t21-,22?,23?,24-,25+,26-/m1/s1. The van der Waals surface area contributed by atoms with Crippen molar-refractivity contribution in [2.24, 2.45) is 11.8 Å². The zero-order valence-electron chi connectivity index (χ0n) is 22.3. The summed E-state index contributed by atoms with van der Waals surface area (Å²) in [5.41, 5.74) is 0.342. The molecule has 0 aliphatic carbocycles. The van der Waals surface area contributed by atoms with E-state index in [1.54, 1.807) is 4.90 Å². The van der Waals surface area contributed by atoms with Gasteiger partial charge in [-0.05, 0) is 49.8 Å². The number of hydrogen-bond donors (Lipinski definition) is 3. The zero-order valence-corrected chi connectivity index (χ0v) is 22.3. The van der Waals surface area contributed by atoms with Crippen LogP contribution in [-0.2, 0) is 20.7 Å². The summed E-state index contributed by atoms with van der Waals surface area (Å²) in [4.78, 5) is 28.1. The van der Waals surface area contributed by atoms with Crippen LogP contribution in [0.25, 0.3) is 0 Å². The van der Waals surface area contributed by atoms with Gasteiger partial charge in [0.1, 0.15) is 11.6 Å². The van der Waals surface area contributed by atoms with E-state index in [2.05, 4.69) is 24.5 Å². The molecule has 2 amide bonds. The predicted molar refractivity (Wildman–Crippen MR) is 138 cm³/mol. The smallest absolute Gasteiger partial charge is 0.226 e. The second-order valence-corrected chi connectivity index (χ2v) is 10.4. The summed E-state index contributed by atoms with van der Waals surface area (Å²) >= 11 is 0. The summed E-state index contributed by atoms with van der Waals surface area (Å²) in [5, 5.41) is 17.6. The molecule has 2 saturated heterocycles. The molecule has 3 rings (SSSR count). The third-order valence-electron chi connectivity index (χ3n) is 7.60. The molecule has 1 aromatic carbocycles. The van der Waals surface area contributed by atoms with Gasteiger partial charge in [-0.15, -0.1) is 0 Å². The van der Waals surface area contributed by atoms with Crippen LogP contribution in [0.15, 0.2) is 18.2 Å². The molecule has 2 fully saturated rings. The molecule has 37 heavy (non-hydrogen) atoms. The normalized spacial score (nSPS) is 25.5. The van der Waals surface area contributed by atoms with Crippen molar-refractivity contribution in [3.05, 3.63) is 35.4 Å². The zero-order chi connectivity index (χ0) is 26.9. The monoisotopic (exact) mass is 523 g/mol. The number of benzene rings is 1. The Bertz CT molecular complexity index is 882. The first-order valence-electron chi connectivity index (χ1n) is 13.8. The highest BCUT2D eigenvalue weighted by Crippen LogP contribution is 2.29. The molecule has 6 atom stereocenters. The summed E-state index contributed by atoms with van der Waals surface area (Å²) in [6, 6.07) is 2.09. The molecule has 2 aliphatic rings. The average Bonchev–Trinajstić information content (AvgIpc) is 3.45. The molecular formula is C28H43F2N3O4. The lowest BCUT2D eigenvalue weighted by Gasteiger charge is -2.30. The Morgan fingerprint density at radius 2 is 1.89 bits per heavy atom. The van der Waals surface area contributed by atoms with Gasteiger partial charge in [-0.1, -0.05) is 33.6 Å². The number of nitrogens with zero attached hydrogens (tertiary/aromatic N) is 1. The van der Waals surface area contributed by atoms with E-state index in [-0.39, 0.29) is 30.4 Å². The molecule has 2 unspecified atom stereocenters. The van der Waals surface area contributed by atoms with Crippen molar-refractivity contribution >= 4 is 11.8 Å². The molecule has 0 spiro atoms. The minimum Gasteiger partial charge on any atom is -0.389 e. The maximum absolute atomic E-state index is 13.9. The van der Waals surface area contributed by atoms with Gasteiger partial charge in [-0.3, -0.25) is 9.59 Å². The SMILES string of the molecule is CCCCO[C@H]1CN[C@@H]([C@@H](O)[C@H](Cc2cc(F)cc(F)c2)NC(=O)C2CN(CCCC)C(=O)C2CC)C1. The molecule has 0 saturated carbocycles. The highest BCUT2D eigenvalue weighted by Gasteiger charge is 2.44. The molecule has 1 aromatic rings. The van der Waals surface area contributed by atoms with Gasteiger partial charge in [0.05, 0.1) is 30.1 Å². The van der Waals surface area contributed by atoms with Crippen LogP contribution in [0.4, 0.5) is 8.78 Å². The number of carbonyl (C=O) groups is 2. The van der Waals surface area contributed by atoms with Gasteiger partial charge in [0.2, 0.25) is 11.8 Å². The van der Waals surface area contributed by atoms with E-state index in [1.165, 1.54) is 12.1 Å². The number of unbranched alkanes of at least 4 members (excludes halogenated alkanes) is 2. The Kier molecular flexibility index (Phi) is 11.3. The lowest BCUT2D eigenvalue weighted by Crippen LogP contribution is -2.54. The number of aliphatic hydroxyl groups excluding tert-OH is 1. The summed E-state index contributed by atoms with van der Waals surface area (Å²) < 4.78 is 33.7. The van der Waals surface area contributed by atoms with Crippen molar-refractivity contribution in [1.29, 1.82) is 0 Å². The highest BCUT2D eigenvalue weighted by atomic mass is 19.1. The van der Waals surface area contributed by atoms with Crippen molar-refractivity contribution in [2.75, 3.05) is 26.2 Å². The van der Waals surface area contributed by atoms with Crippen LogP contribution in [0.2, 0.25) is 0 Å². The van der Waals surface area contributed by atoms with Crippen LogP contribution in [0.1, 0.15) is 64.9 Å². The van der Waals surface area contributed by atoms with Crippen LogP contribution in [-0.4, -0.2) is 72.4 Å². The quantitative estimate of drug-likeness (QED) is 0.326. The van der Waals surface area contributed by atoms with Gasteiger partial charge in [0.25, 0.3) is 0 Å². The molecule has 0 bridgehead atoms. The Hall–Kier alpha value is -2.10. The summed E-state index contributed by atoms with van der Waals surface area (Å²) in [5.74, 6) is -2.69. The van der Waals surface area contributed by atoms with E-state index in [4.69, 9.17) is 4.74 Å². The number of amides is 2. The molecule has 7 nitrogen and oxygen atoms in total. The maximum atomic E-state index is 13.9. The molecule has 0 radical (unpaired) electrons. The number of hydrogen-bond acceptors (Lipinski definition) is 5. The van der Waals surface area contributed by atoms with Crippen molar-refractivity contribution < 1.29 is 28.2 Å². The number of nitrogens with one attached hydrogen (secondary N) is 2. The fourth-order valence-electron chi connectivity index (χ4n) is 5.46. The molecule has 2 heterocycles. The van der Waals surface area contributed by atoms with Gasteiger partial charge < -0.3 is 25.4 Å². The molecule has 0 aromatic heterocycles. The molecule has 2 aliphatic heterocycles. The average molecular weight is 524 g/mol. The van der Waals surface area contributed by atoms with E-state index in [1.807, 2.05) is 6.92 Å². The van der Waals surface area contributed by atoms with Gasteiger partial charge >= 0.3 is 0 Å². The summed E-state index contributed by atoms with van der Waals surface area (Å²) in [6.45, 7) is 8.24. The number of halogens is 2. The lowest BCUT2D eigenvalue weighted by atomic mass is 9.90. The van der Waals surface area contributed by atoms with E-state index in [0.29, 0.717) is 44.6 Å². The van der Waals surface area contributed by atoms with Crippen molar-refractivity contribution in [1.82, 2.24) is 15.5 Å². The third-order valence-corrected chi connectivity index (χ3v) is 7.60. The van der Waals surface area contributed by atoms with Crippen LogP contribution in [0.3, 0.4) is 0 Å². The van der Waals surface area contributed by atoms with Crippen molar-refractivity contribution in [3.63, 3.8) is 0 Å². The Morgan fingerprint density at radius 3 is 2.54 bits per heavy atom. The summed E-state index contributed by atoms with van der Waals surface area (Å²) in [6.07, 6.45) is 3.93. The van der Waals surface area contributed by atoms with Gasteiger partial charge in [0.15, 0.2) is 0 Å². The minimum atomic E-state index is -1.01. The van der Waals surface area contributed by atoms with E-state index in [0.717, 1.165) is 31.7 Å². The number of ether oxygens (including phenoxy) is 1. The van der Waals surface area contributed by atoms with Crippen LogP contribution >= 0.6 is 0 Å². The van der Waals surface area contributed by atoms with Crippen molar-refractivity contribution in [2.45, 2.75) is 90.0 Å². The minimum absolute atomic E-state index is 0.00932. The lowest BCUT2D eigenvalue weighted by molar-refractivity contribution is -0.133.